The predicted molar refractivity (Wildman–Crippen MR) is 71.5 cm³/mol. The van der Waals surface area contributed by atoms with Gasteiger partial charge in [0.2, 0.25) is 0 Å². The van der Waals surface area contributed by atoms with Crippen LogP contribution >= 0.6 is 0 Å². The van der Waals surface area contributed by atoms with E-state index in [9.17, 15) is 0 Å². The topological polar surface area (TPSA) is 79.9 Å². The summed E-state index contributed by atoms with van der Waals surface area (Å²) in [6.45, 7) is 3.23. The van der Waals surface area contributed by atoms with Gasteiger partial charge in [-0.25, -0.2) is 0 Å². The molecule has 0 bridgehead atoms. The Hall–Kier alpha value is -1.59. The van der Waals surface area contributed by atoms with E-state index in [1.807, 2.05) is 31.2 Å². The van der Waals surface area contributed by atoms with Crippen molar-refractivity contribution < 1.29 is 9.94 Å². The monoisotopic (exact) mass is 251 g/mol. The molecule has 0 aliphatic heterocycles. The minimum atomic E-state index is -0.120. The third-order valence-electron chi connectivity index (χ3n) is 2.84. The number of nitrogens with zero attached hydrogens (tertiary/aromatic N) is 1. The molecule has 0 aromatic heterocycles. The lowest BCUT2D eigenvalue weighted by Gasteiger charge is -2.16. The van der Waals surface area contributed by atoms with Crippen LogP contribution in [0.4, 0.5) is 0 Å². The lowest BCUT2D eigenvalue weighted by atomic mass is 10.1. The van der Waals surface area contributed by atoms with E-state index < -0.39 is 0 Å². The molecule has 1 atom stereocenters. The standard InChI is InChI=1S/C13H21N3O2/c1-3-12(13(14)16-17)15-8-10-6-4-5-7-11(10)9-18-2/h4-7,12,15,17H,3,8-9H2,1-2H3,(H2,14,16). The first-order valence-electron chi connectivity index (χ1n) is 5.99. The number of methoxy groups -OCH3 is 1. The molecule has 1 aromatic carbocycles. The van der Waals surface area contributed by atoms with Crippen LogP contribution in [-0.4, -0.2) is 24.2 Å². The van der Waals surface area contributed by atoms with Crippen LogP contribution < -0.4 is 11.1 Å². The smallest absolute Gasteiger partial charge is 0.156 e. The van der Waals surface area contributed by atoms with Crippen LogP contribution in [0.15, 0.2) is 29.4 Å². The van der Waals surface area contributed by atoms with E-state index in [1.54, 1.807) is 7.11 Å². The van der Waals surface area contributed by atoms with Gasteiger partial charge in [0.15, 0.2) is 5.84 Å². The highest BCUT2D eigenvalue weighted by Gasteiger charge is 2.11. The van der Waals surface area contributed by atoms with Crippen LogP contribution in [0.3, 0.4) is 0 Å². The van der Waals surface area contributed by atoms with Crippen LogP contribution in [0, 0.1) is 0 Å². The van der Waals surface area contributed by atoms with Crippen LogP contribution in [0.1, 0.15) is 24.5 Å². The molecule has 4 N–H and O–H groups in total. The Morgan fingerprint density at radius 1 is 1.44 bits per heavy atom. The van der Waals surface area contributed by atoms with Gasteiger partial charge in [-0.05, 0) is 17.5 Å². The molecule has 0 aliphatic rings. The second kappa shape index (κ2) is 7.68. The summed E-state index contributed by atoms with van der Waals surface area (Å²) >= 11 is 0. The molecule has 1 aromatic rings. The highest BCUT2D eigenvalue weighted by molar-refractivity contribution is 5.85. The number of nitrogens with one attached hydrogen (secondary N) is 1. The summed E-state index contributed by atoms with van der Waals surface area (Å²) in [6.07, 6.45) is 0.766. The molecule has 5 heteroatoms. The Morgan fingerprint density at radius 3 is 2.67 bits per heavy atom. The van der Waals surface area contributed by atoms with Crippen LogP contribution in [0.5, 0.6) is 0 Å². The number of hydrogen-bond acceptors (Lipinski definition) is 4. The van der Waals surface area contributed by atoms with Gasteiger partial charge in [0.05, 0.1) is 12.6 Å². The zero-order valence-electron chi connectivity index (χ0n) is 10.9. The summed E-state index contributed by atoms with van der Waals surface area (Å²) in [7, 11) is 1.68. The molecule has 5 nitrogen and oxygen atoms in total. The summed E-state index contributed by atoms with van der Waals surface area (Å²) < 4.78 is 5.15. The van der Waals surface area contributed by atoms with Crippen molar-refractivity contribution in [1.82, 2.24) is 5.32 Å². The van der Waals surface area contributed by atoms with Crippen LogP contribution in [-0.2, 0) is 17.9 Å². The van der Waals surface area contributed by atoms with Gasteiger partial charge in [-0.15, -0.1) is 0 Å². The maximum Gasteiger partial charge on any atom is 0.156 e. The van der Waals surface area contributed by atoms with Crippen molar-refractivity contribution in [2.45, 2.75) is 32.5 Å². The fraction of sp³-hybridized carbons (Fsp3) is 0.462. The molecule has 100 valence electrons. The highest BCUT2D eigenvalue weighted by atomic mass is 16.5. The molecule has 1 unspecified atom stereocenters. The summed E-state index contributed by atoms with van der Waals surface area (Å²) in [4.78, 5) is 0. The Morgan fingerprint density at radius 2 is 2.11 bits per heavy atom. The molecule has 0 spiro atoms. The number of rotatable bonds is 7. The number of hydrogen-bond donors (Lipinski definition) is 3. The number of amidine groups is 1. The Balaban J connectivity index is 2.67. The average Bonchev–Trinajstić information content (AvgIpc) is 2.41. The van der Waals surface area contributed by atoms with Crippen molar-refractivity contribution in [3.8, 4) is 0 Å². The molecule has 0 radical (unpaired) electrons. The second-order valence-corrected chi connectivity index (χ2v) is 4.07. The fourth-order valence-electron chi connectivity index (χ4n) is 1.79. The van der Waals surface area contributed by atoms with E-state index in [-0.39, 0.29) is 11.9 Å². The SMILES string of the molecule is CCC(NCc1ccccc1COC)C(N)=NO. The predicted octanol–water partition coefficient (Wildman–Crippen LogP) is 1.45. The lowest BCUT2D eigenvalue weighted by Crippen LogP contribution is -2.40. The second-order valence-electron chi connectivity index (χ2n) is 4.07. The van der Waals surface area contributed by atoms with Crippen molar-refractivity contribution in [2.24, 2.45) is 10.9 Å². The first-order valence-corrected chi connectivity index (χ1v) is 5.99. The number of oxime groups is 1. The first kappa shape index (κ1) is 14.5. The van der Waals surface area contributed by atoms with E-state index in [1.165, 1.54) is 0 Å². The molecular weight excluding hydrogens is 230 g/mol. The molecule has 1 rings (SSSR count). The van der Waals surface area contributed by atoms with Crippen LogP contribution in [0.25, 0.3) is 0 Å². The molecular formula is C13H21N3O2. The average molecular weight is 251 g/mol. The molecule has 18 heavy (non-hydrogen) atoms. The van der Waals surface area contributed by atoms with E-state index in [4.69, 9.17) is 15.7 Å². The van der Waals surface area contributed by atoms with E-state index in [0.29, 0.717) is 13.2 Å². The maximum absolute atomic E-state index is 8.68. The van der Waals surface area contributed by atoms with Crippen molar-refractivity contribution in [3.05, 3.63) is 35.4 Å². The Bertz CT molecular complexity index is 394. The highest BCUT2D eigenvalue weighted by Crippen LogP contribution is 2.10. The van der Waals surface area contributed by atoms with Gasteiger partial charge in [-0.3, -0.25) is 0 Å². The fourth-order valence-corrected chi connectivity index (χ4v) is 1.79. The quantitative estimate of drug-likeness (QED) is 0.296. The first-order chi connectivity index (χ1) is 8.72. The molecule has 0 saturated carbocycles. The van der Waals surface area contributed by atoms with E-state index >= 15 is 0 Å². The Labute approximate surface area is 108 Å². The largest absolute Gasteiger partial charge is 0.409 e. The molecule has 0 amide bonds. The van der Waals surface area contributed by atoms with Crippen LogP contribution in [0.2, 0.25) is 0 Å². The molecule has 0 aliphatic carbocycles. The lowest BCUT2D eigenvalue weighted by molar-refractivity contribution is 0.184. The molecule has 0 heterocycles. The molecule has 0 saturated heterocycles. The third kappa shape index (κ3) is 4.01. The normalized spacial score (nSPS) is 13.6. The Kier molecular flexibility index (Phi) is 6.18. The zero-order chi connectivity index (χ0) is 13.4. The van der Waals surface area contributed by atoms with Crippen molar-refractivity contribution in [1.29, 1.82) is 0 Å². The van der Waals surface area contributed by atoms with Gasteiger partial charge >= 0.3 is 0 Å². The summed E-state index contributed by atoms with van der Waals surface area (Å²) in [5.74, 6) is 0.210. The van der Waals surface area contributed by atoms with Gasteiger partial charge in [-0.2, -0.15) is 0 Å². The van der Waals surface area contributed by atoms with Crippen molar-refractivity contribution in [2.75, 3.05) is 7.11 Å². The van der Waals surface area contributed by atoms with Gasteiger partial charge < -0.3 is 21.0 Å². The van der Waals surface area contributed by atoms with E-state index in [2.05, 4.69) is 10.5 Å². The summed E-state index contributed by atoms with van der Waals surface area (Å²) in [5, 5.41) is 15.0. The summed E-state index contributed by atoms with van der Waals surface area (Å²) in [5.41, 5.74) is 7.90. The van der Waals surface area contributed by atoms with Gasteiger partial charge in [0.1, 0.15) is 0 Å². The number of nitrogens with two attached hydrogens (primary N) is 1. The molecule has 0 fully saturated rings. The minimum absolute atomic E-state index is 0.120. The van der Waals surface area contributed by atoms with Gasteiger partial charge in [0.25, 0.3) is 0 Å². The minimum Gasteiger partial charge on any atom is -0.409 e. The number of benzene rings is 1. The van der Waals surface area contributed by atoms with Crippen molar-refractivity contribution in [3.63, 3.8) is 0 Å². The van der Waals surface area contributed by atoms with E-state index in [0.717, 1.165) is 17.5 Å². The maximum atomic E-state index is 8.68. The van der Waals surface area contributed by atoms with Crippen molar-refractivity contribution >= 4 is 5.84 Å². The van der Waals surface area contributed by atoms with Gasteiger partial charge in [0, 0.05) is 13.7 Å². The summed E-state index contributed by atoms with van der Waals surface area (Å²) in [6, 6.07) is 7.93. The van der Waals surface area contributed by atoms with Gasteiger partial charge in [-0.1, -0.05) is 36.3 Å². The number of ether oxygens (including phenoxy) is 1. The zero-order valence-corrected chi connectivity index (χ0v) is 10.9. The third-order valence-corrected chi connectivity index (χ3v) is 2.84.